The number of hydrogen-bond acceptors (Lipinski definition) is 3. The second-order valence-corrected chi connectivity index (χ2v) is 6.02. The number of benzene rings is 1. The Labute approximate surface area is 137 Å². The molecule has 1 aliphatic heterocycles. The van der Waals surface area contributed by atoms with Crippen LogP contribution in [0.2, 0.25) is 0 Å². The van der Waals surface area contributed by atoms with Crippen LogP contribution in [0.5, 0.6) is 0 Å². The number of carbonyl (C=O) groups is 2. The molecule has 6 nitrogen and oxygen atoms in total. The van der Waals surface area contributed by atoms with Crippen LogP contribution in [0, 0.1) is 0 Å². The van der Waals surface area contributed by atoms with Gasteiger partial charge in [0, 0.05) is 52.2 Å². The lowest BCUT2D eigenvalue weighted by Crippen LogP contribution is -2.51. The summed E-state index contributed by atoms with van der Waals surface area (Å²) >= 11 is 0. The smallest absolute Gasteiger partial charge is 0.317 e. The van der Waals surface area contributed by atoms with Gasteiger partial charge < -0.3 is 20.4 Å². The van der Waals surface area contributed by atoms with Gasteiger partial charge in [0.15, 0.2) is 0 Å². The van der Waals surface area contributed by atoms with Crippen molar-refractivity contribution in [2.45, 2.75) is 25.9 Å². The summed E-state index contributed by atoms with van der Waals surface area (Å²) in [6, 6.07) is 10.0. The molecule has 1 unspecified atom stereocenters. The number of amides is 3. The van der Waals surface area contributed by atoms with Gasteiger partial charge in [0.1, 0.15) is 0 Å². The van der Waals surface area contributed by atoms with E-state index >= 15 is 0 Å². The van der Waals surface area contributed by atoms with Gasteiger partial charge in [-0.1, -0.05) is 30.3 Å². The van der Waals surface area contributed by atoms with Gasteiger partial charge in [-0.05, 0) is 12.5 Å². The van der Waals surface area contributed by atoms with Gasteiger partial charge in [0.25, 0.3) is 0 Å². The van der Waals surface area contributed by atoms with Crippen LogP contribution in [0.15, 0.2) is 30.3 Å². The molecule has 1 aromatic carbocycles. The van der Waals surface area contributed by atoms with E-state index in [1.165, 1.54) is 0 Å². The molecule has 0 spiro atoms. The Morgan fingerprint density at radius 1 is 1.35 bits per heavy atom. The van der Waals surface area contributed by atoms with Crippen molar-refractivity contribution >= 4 is 11.9 Å². The van der Waals surface area contributed by atoms with Gasteiger partial charge in [-0.2, -0.15) is 0 Å². The van der Waals surface area contributed by atoms with E-state index in [-0.39, 0.29) is 11.9 Å². The maximum atomic E-state index is 12.1. The first-order chi connectivity index (χ1) is 11.1. The van der Waals surface area contributed by atoms with E-state index in [1.54, 1.807) is 11.9 Å². The van der Waals surface area contributed by atoms with Crippen LogP contribution in [0.25, 0.3) is 0 Å². The Morgan fingerprint density at radius 3 is 2.78 bits per heavy atom. The molecule has 1 fully saturated rings. The number of piperazine rings is 1. The molecule has 1 aliphatic rings. The Kier molecular flexibility index (Phi) is 6.40. The van der Waals surface area contributed by atoms with E-state index in [9.17, 15) is 9.59 Å². The second kappa shape index (κ2) is 8.53. The maximum Gasteiger partial charge on any atom is 0.317 e. The third-order valence-corrected chi connectivity index (χ3v) is 3.95. The molecule has 0 saturated carbocycles. The van der Waals surface area contributed by atoms with Gasteiger partial charge in [0.05, 0.1) is 0 Å². The number of nitrogens with zero attached hydrogens (tertiary/aromatic N) is 2. The van der Waals surface area contributed by atoms with Crippen molar-refractivity contribution in [3.8, 4) is 0 Å². The summed E-state index contributed by atoms with van der Waals surface area (Å²) in [4.78, 5) is 27.6. The quantitative estimate of drug-likeness (QED) is 0.852. The van der Waals surface area contributed by atoms with Crippen LogP contribution < -0.4 is 10.6 Å². The molecule has 1 atom stereocenters. The minimum absolute atomic E-state index is 0.101. The van der Waals surface area contributed by atoms with Gasteiger partial charge in [-0.15, -0.1) is 0 Å². The van der Waals surface area contributed by atoms with Crippen LogP contribution in [0.4, 0.5) is 4.79 Å². The highest BCUT2D eigenvalue weighted by Crippen LogP contribution is 2.03. The lowest BCUT2D eigenvalue weighted by molar-refractivity contribution is -0.132. The van der Waals surface area contributed by atoms with Crippen LogP contribution in [-0.4, -0.2) is 61.0 Å². The molecule has 23 heavy (non-hydrogen) atoms. The SMILES string of the molecule is CC1CN(C(=O)CCNC(=O)N(C)Cc2ccccc2)CCN1. The summed E-state index contributed by atoms with van der Waals surface area (Å²) in [5.74, 6) is 0.101. The van der Waals surface area contributed by atoms with E-state index in [1.807, 2.05) is 35.2 Å². The molecule has 1 saturated heterocycles. The molecule has 2 N–H and O–H groups in total. The predicted molar refractivity (Wildman–Crippen MR) is 90.0 cm³/mol. The molecule has 0 bridgehead atoms. The highest BCUT2D eigenvalue weighted by molar-refractivity contribution is 5.78. The summed E-state index contributed by atoms with van der Waals surface area (Å²) in [5.41, 5.74) is 1.08. The van der Waals surface area contributed by atoms with Crippen LogP contribution in [0.3, 0.4) is 0 Å². The van der Waals surface area contributed by atoms with Crippen molar-refractivity contribution in [2.75, 3.05) is 33.2 Å². The van der Waals surface area contributed by atoms with Crippen LogP contribution in [-0.2, 0) is 11.3 Å². The Morgan fingerprint density at radius 2 is 2.09 bits per heavy atom. The van der Waals surface area contributed by atoms with Gasteiger partial charge in [-0.25, -0.2) is 4.79 Å². The average molecular weight is 318 g/mol. The van der Waals surface area contributed by atoms with E-state index in [4.69, 9.17) is 0 Å². The van der Waals surface area contributed by atoms with Crippen molar-refractivity contribution in [3.63, 3.8) is 0 Å². The fourth-order valence-electron chi connectivity index (χ4n) is 2.66. The minimum atomic E-state index is -0.157. The normalized spacial score (nSPS) is 17.7. The number of rotatable bonds is 5. The number of hydrogen-bond donors (Lipinski definition) is 2. The molecule has 2 rings (SSSR count). The summed E-state index contributed by atoms with van der Waals surface area (Å²) in [7, 11) is 1.75. The molecule has 1 aromatic rings. The fourth-order valence-corrected chi connectivity index (χ4v) is 2.66. The molecule has 0 aromatic heterocycles. The van der Waals surface area contributed by atoms with Crippen molar-refractivity contribution in [1.82, 2.24) is 20.4 Å². The Bertz CT molecular complexity index is 521. The molecule has 3 amide bonds. The van der Waals surface area contributed by atoms with Gasteiger partial charge in [0.2, 0.25) is 5.91 Å². The Balaban J connectivity index is 1.68. The van der Waals surface area contributed by atoms with E-state index in [0.717, 1.165) is 25.2 Å². The minimum Gasteiger partial charge on any atom is -0.340 e. The van der Waals surface area contributed by atoms with Crippen molar-refractivity contribution in [3.05, 3.63) is 35.9 Å². The van der Waals surface area contributed by atoms with Crippen molar-refractivity contribution < 1.29 is 9.59 Å². The fraction of sp³-hybridized carbons (Fsp3) is 0.529. The van der Waals surface area contributed by atoms with Crippen molar-refractivity contribution in [1.29, 1.82) is 0 Å². The topological polar surface area (TPSA) is 64.7 Å². The van der Waals surface area contributed by atoms with Gasteiger partial charge >= 0.3 is 6.03 Å². The van der Waals surface area contributed by atoms with Gasteiger partial charge in [-0.3, -0.25) is 4.79 Å². The first-order valence-corrected chi connectivity index (χ1v) is 8.10. The lowest BCUT2D eigenvalue weighted by atomic mass is 10.2. The number of urea groups is 1. The zero-order valence-corrected chi connectivity index (χ0v) is 13.9. The molecule has 126 valence electrons. The lowest BCUT2D eigenvalue weighted by Gasteiger charge is -2.32. The number of nitrogens with one attached hydrogen (secondary N) is 2. The molecular weight excluding hydrogens is 292 g/mol. The molecular formula is C17H26N4O2. The van der Waals surface area contributed by atoms with E-state index < -0.39 is 0 Å². The van der Waals surface area contributed by atoms with E-state index in [0.29, 0.717) is 25.6 Å². The zero-order chi connectivity index (χ0) is 16.7. The molecule has 6 heteroatoms. The monoisotopic (exact) mass is 318 g/mol. The first-order valence-electron chi connectivity index (χ1n) is 8.10. The zero-order valence-electron chi connectivity index (χ0n) is 13.9. The highest BCUT2D eigenvalue weighted by atomic mass is 16.2. The second-order valence-electron chi connectivity index (χ2n) is 6.02. The van der Waals surface area contributed by atoms with Crippen LogP contribution in [0.1, 0.15) is 18.9 Å². The molecule has 0 aliphatic carbocycles. The molecule has 1 heterocycles. The summed E-state index contributed by atoms with van der Waals surface area (Å²) in [5, 5.41) is 6.12. The summed E-state index contributed by atoms with van der Waals surface area (Å²) < 4.78 is 0. The molecule has 0 radical (unpaired) electrons. The first kappa shape index (κ1) is 17.3. The van der Waals surface area contributed by atoms with Crippen molar-refractivity contribution in [2.24, 2.45) is 0 Å². The Hall–Kier alpha value is -2.08. The predicted octanol–water partition coefficient (Wildman–Crippen LogP) is 1.04. The summed E-state index contributed by atoms with van der Waals surface area (Å²) in [6.07, 6.45) is 0.345. The highest BCUT2D eigenvalue weighted by Gasteiger charge is 2.20. The van der Waals surface area contributed by atoms with E-state index in [2.05, 4.69) is 17.6 Å². The largest absolute Gasteiger partial charge is 0.340 e. The number of carbonyl (C=O) groups excluding carboxylic acids is 2. The average Bonchev–Trinajstić information content (AvgIpc) is 2.55. The third kappa shape index (κ3) is 5.56. The third-order valence-electron chi connectivity index (χ3n) is 3.95. The standard InChI is InChI=1S/C17H26N4O2/c1-14-12-21(11-10-18-14)16(22)8-9-19-17(23)20(2)13-15-6-4-3-5-7-15/h3-7,14,18H,8-13H2,1-2H3,(H,19,23). The van der Waals surface area contributed by atoms with Crippen LogP contribution >= 0.6 is 0 Å². The summed E-state index contributed by atoms with van der Waals surface area (Å²) in [6.45, 7) is 5.30. The maximum absolute atomic E-state index is 12.1.